The average Bonchev–Trinajstić information content (AvgIpc) is 2.39. The van der Waals surface area contributed by atoms with Crippen LogP contribution in [0.5, 0.6) is 0 Å². The molecule has 0 aromatic heterocycles. The van der Waals surface area contributed by atoms with E-state index in [-0.39, 0.29) is 0 Å². The van der Waals surface area contributed by atoms with E-state index in [0.29, 0.717) is 5.54 Å². The van der Waals surface area contributed by atoms with Gasteiger partial charge in [-0.05, 0) is 64.1 Å². The van der Waals surface area contributed by atoms with E-state index in [1.807, 2.05) is 0 Å². The number of nitrogens with two attached hydrogens (primary N) is 1. The van der Waals surface area contributed by atoms with Gasteiger partial charge in [0.25, 0.3) is 0 Å². The maximum atomic E-state index is 6.28. The first-order chi connectivity index (χ1) is 8.65. The van der Waals surface area contributed by atoms with Crippen molar-refractivity contribution in [2.45, 2.75) is 51.1 Å². The summed E-state index contributed by atoms with van der Waals surface area (Å²) in [4.78, 5) is 5.45. The highest BCUT2D eigenvalue weighted by molar-refractivity contribution is 5.08. The molecule has 4 aliphatic heterocycles. The van der Waals surface area contributed by atoms with Gasteiger partial charge in [0.1, 0.15) is 0 Å². The number of rotatable bonds is 2. The SMILES string of the molecule is CC1CCN(C2(CN)CN3CCC2CC3)C(C)C1. The highest BCUT2D eigenvalue weighted by Gasteiger charge is 2.51. The molecule has 3 nitrogen and oxygen atoms in total. The fourth-order valence-corrected chi connectivity index (χ4v) is 4.89. The van der Waals surface area contributed by atoms with E-state index in [0.717, 1.165) is 24.4 Å². The minimum absolute atomic E-state index is 0.302. The van der Waals surface area contributed by atoms with E-state index in [1.165, 1.54) is 51.9 Å². The summed E-state index contributed by atoms with van der Waals surface area (Å²) >= 11 is 0. The molecule has 4 saturated heterocycles. The molecule has 0 spiro atoms. The smallest absolute Gasteiger partial charge is 0.0490 e. The second-order valence-corrected chi connectivity index (χ2v) is 7.03. The van der Waals surface area contributed by atoms with Crippen LogP contribution in [0.25, 0.3) is 0 Å². The molecule has 0 amide bonds. The second kappa shape index (κ2) is 4.77. The average molecular weight is 251 g/mol. The Morgan fingerprint density at radius 2 is 1.83 bits per heavy atom. The van der Waals surface area contributed by atoms with Crippen molar-refractivity contribution in [1.29, 1.82) is 0 Å². The fraction of sp³-hybridized carbons (Fsp3) is 1.00. The van der Waals surface area contributed by atoms with Gasteiger partial charge >= 0.3 is 0 Å². The summed E-state index contributed by atoms with van der Waals surface area (Å²) in [6.07, 6.45) is 5.46. The number of likely N-dealkylation sites (tertiary alicyclic amines) is 1. The monoisotopic (exact) mass is 251 g/mol. The summed E-state index contributed by atoms with van der Waals surface area (Å²) in [5.41, 5.74) is 6.59. The van der Waals surface area contributed by atoms with Crippen LogP contribution < -0.4 is 5.73 Å². The van der Waals surface area contributed by atoms with Gasteiger partial charge in [0.15, 0.2) is 0 Å². The Balaban J connectivity index is 1.83. The van der Waals surface area contributed by atoms with Gasteiger partial charge in [-0.2, -0.15) is 0 Å². The van der Waals surface area contributed by atoms with E-state index in [2.05, 4.69) is 23.6 Å². The normalized spacial score (nSPS) is 49.5. The molecule has 18 heavy (non-hydrogen) atoms. The Labute approximate surface area is 112 Å². The number of hydrogen-bond donors (Lipinski definition) is 1. The summed E-state index contributed by atoms with van der Waals surface area (Å²) < 4.78 is 0. The number of nitrogens with zero attached hydrogens (tertiary/aromatic N) is 2. The highest BCUT2D eigenvalue weighted by atomic mass is 15.3. The first-order valence-corrected chi connectivity index (χ1v) is 7.85. The van der Waals surface area contributed by atoms with Crippen LogP contribution in [0.15, 0.2) is 0 Å². The maximum Gasteiger partial charge on any atom is 0.0490 e. The zero-order valence-corrected chi connectivity index (χ0v) is 12.1. The molecular weight excluding hydrogens is 222 g/mol. The van der Waals surface area contributed by atoms with Gasteiger partial charge in [-0.25, -0.2) is 0 Å². The van der Waals surface area contributed by atoms with Crippen LogP contribution >= 0.6 is 0 Å². The molecule has 3 atom stereocenters. The van der Waals surface area contributed by atoms with Crippen molar-refractivity contribution in [1.82, 2.24) is 9.80 Å². The van der Waals surface area contributed by atoms with Crippen LogP contribution in [-0.4, -0.2) is 54.1 Å². The van der Waals surface area contributed by atoms with E-state index in [4.69, 9.17) is 5.73 Å². The lowest BCUT2D eigenvalue weighted by atomic mass is 9.70. The Morgan fingerprint density at radius 3 is 2.33 bits per heavy atom. The summed E-state index contributed by atoms with van der Waals surface area (Å²) in [7, 11) is 0. The van der Waals surface area contributed by atoms with Crippen LogP contribution in [0.3, 0.4) is 0 Å². The lowest BCUT2D eigenvalue weighted by Crippen LogP contribution is -2.72. The number of piperidine rings is 4. The molecule has 0 aliphatic carbocycles. The summed E-state index contributed by atoms with van der Waals surface area (Å²) in [5, 5.41) is 0. The van der Waals surface area contributed by atoms with E-state index >= 15 is 0 Å². The van der Waals surface area contributed by atoms with Crippen molar-refractivity contribution in [2.75, 3.05) is 32.7 Å². The zero-order valence-electron chi connectivity index (χ0n) is 12.1. The van der Waals surface area contributed by atoms with Gasteiger partial charge in [0.05, 0.1) is 0 Å². The van der Waals surface area contributed by atoms with Crippen molar-refractivity contribution in [3.63, 3.8) is 0 Å². The standard InChI is InChI=1S/C15H29N3/c1-12-3-8-18(13(2)9-12)15(10-16)11-17-6-4-14(15)5-7-17/h12-14H,3-11,16H2,1-2H3. The van der Waals surface area contributed by atoms with Crippen LogP contribution in [-0.2, 0) is 0 Å². The van der Waals surface area contributed by atoms with Crippen LogP contribution in [0, 0.1) is 11.8 Å². The molecule has 0 radical (unpaired) electrons. The molecule has 0 saturated carbocycles. The predicted octanol–water partition coefficient (Wildman–Crippen LogP) is 1.53. The van der Waals surface area contributed by atoms with Crippen molar-refractivity contribution in [2.24, 2.45) is 17.6 Å². The first-order valence-electron chi connectivity index (χ1n) is 7.85. The number of fused-ring (bicyclic) bond motifs is 3. The molecule has 2 bridgehead atoms. The molecule has 4 fully saturated rings. The Bertz CT molecular complexity index is 298. The van der Waals surface area contributed by atoms with Crippen LogP contribution in [0.2, 0.25) is 0 Å². The van der Waals surface area contributed by atoms with Gasteiger partial charge in [-0.15, -0.1) is 0 Å². The van der Waals surface area contributed by atoms with Gasteiger partial charge < -0.3 is 10.6 Å². The maximum absolute atomic E-state index is 6.28. The summed E-state index contributed by atoms with van der Waals surface area (Å²) in [6, 6.07) is 0.720. The summed E-state index contributed by atoms with van der Waals surface area (Å²) in [6.45, 7) is 10.8. The molecule has 4 rings (SSSR count). The molecule has 4 aliphatic rings. The third-order valence-electron chi connectivity index (χ3n) is 5.91. The van der Waals surface area contributed by atoms with Crippen molar-refractivity contribution in [3.05, 3.63) is 0 Å². The minimum Gasteiger partial charge on any atom is -0.329 e. The highest BCUT2D eigenvalue weighted by Crippen LogP contribution is 2.42. The van der Waals surface area contributed by atoms with Crippen LogP contribution in [0.4, 0.5) is 0 Å². The van der Waals surface area contributed by atoms with Gasteiger partial charge in [0.2, 0.25) is 0 Å². The van der Waals surface area contributed by atoms with Crippen molar-refractivity contribution < 1.29 is 0 Å². The molecule has 104 valence electrons. The van der Waals surface area contributed by atoms with Gasteiger partial charge in [-0.1, -0.05) is 6.92 Å². The Hall–Kier alpha value is -0.120. The minimum atomic E-state index is 0.302. The quantitative estimate of drug-likeness (QED) is 0.808. The molecule has 3 heteroatoms. The zero-order chi connectivity index (χ0) is 12.8. The van der Waals surface area contributed by atoms with E-state index in [1.54, 1.807) is 0 Å². The Kier molecular flexibility index (Phi) is 3.41. The molecule has 0 aromatic rings. The van der Waals surface area contributed by atoms with Crippen molar-refractivity contribution >= 4 is 0 Å². The van der Waals surface area contributed by atoms with E-state index in [9.17, 15) is 0 Å². The van der Waals surface area contributed by atoms with Crippen molar-refractivity contribution in [3.8, 4) is 0 Å². The van der Waals surface area contributed by atoms with Gasteiger partial charge in [0, 0.05) is 24.7 Å². The molecular formula is C15H29N3. The third kappa shape index (κ3) is 1.91. The van der Waals surface area contributed by atoms with Gasteiger partial charge in [-0.3, -0.25) is 4.90 Å². The topological polar surface area (TPSA) is 32.5 Å². The van der Waals surface area contributed by atoms with Crippen LogP contribution in [0.1, 0.15) is 39.5 Å². The fourth-order valence-electron chi connectivity index (χ4n) is 4.89. The molecule has 2 N–H and O–H groups in total. The number of hydrogen-bond acceptors (Lipinski definition) is 3. The predicted molar refractivity (Wildman–Crippen MR) is 75.5 cm³/mol. The Morgan fingerprint density at radius 1 is 1.11 bits per heavy atom. The third-order valence-corrected chi connectivity index (χ3v) is 5.91. The molecule has 3 unspecified atom stereocenters. The molecule has 0 aromatic carbocycles. The first kappa shape index (κ1) is 12.9. The summed E-state index contributed by atoms with van der Waals surface area (Å²) in [5.74, 6) is 1.75. The molecule has 4 heterocycles. The second-order valence-electron chi connectivity index (χ2n) is 7.03. The largest absolute Gasteiger partial charge is 0.329 e. The van der Waals surface area contributed by atoms with E-state index < -0.39 is 0 Å². The lowest BCUT2D eigenvalue weighted by molar-refractivity contribution is -0.0967. The lowest BCUT2D eigenvalue weighted by Gasteiger charge is -2.60.